The number of aryl methyl sites for hydroxylation is 2. The third-order valence-corrected chi connectivity index (χ3v) is 9.04. The average molecular weight is 755 g/mol. The first kappa shape index (κ1) is 35.5. The van der Waals surface area contributed by atoms with Crippen LogP contribution in [0.3, 0.4) is 0 Å². The molecule has 0 unspecified atom stereocenters. The second-order valence-corrected chi connectivity index (χ2v) is 16.5. The molecular weight excluding hydrogens is 719 g/mol. The molecule has 0 saturated heterocycles. The minimum Gasteiger partial charge on any atom is -0.0631 e. The predicted molar refractivity (Wildman–Crippen MR) is 209 cm³/mol. The van der Waals surface area contributed by atoms with Gasteiger partial charge in [-0.25, -0.2) is 0 Å². The van der Waals surface area contributed by atoms with Crippen LogP contribution in [0.15, 0.2) is 182 Å². The van der Waals surface area contributed by atoms with Gasteiger partial charge in [-0.05, 0) is 11.1 Å². The predicted octanol–water partition coefficient (Wildman–Crippen LogP) is 11.8. The summed E-state index contributed by atoms with van der Waals surface area (Å²) in [6.45, 7) is 4.30. The van der Waals surface area contributed by atoms with Gasteiger partial charge in [-0.2, -0.15) is 12.1 Å². The van der Waals surface area contributed by atoms with Crippen LogP contribution in [0.2, 0.25) is 0 Å². The van der Waals surface area contributed by atoms with Crippen molar-refractivity contribution in [1.29, 1.82) is 0 Å². The van der Waals surface area contributed by atoms with Crippen LogP contribution in [0.1, 0.15) is 11.1 Å². The standard InChI is InChI=1S/2C16H13.C12H10Si.2ClH.Zr/c2*1-12-10-14-8-5-9-15(16(14)11-12)13-6-3-2-4-7-13;1-3-7-11(8-4-1)13-12-9-5-2-6-10-12;;;/h2*2-11H,1H3;1-10H;2*1H;/q2*-1;;;;+4/p-2. The number of rotatable bonds is 4. The molecule has 0 saturated carbocycles. The molecule has 4 heteroatoms. The molecule has 0 aliphatic rings. The normalized spacial score (nSPS) is 10.1. The van der Waals surface area contributed by atoms with Crippen LogP contribution in [0.25, 0.3) is 43.8 Å². The van der Waals surface area contributed by atoms with Crippen LogP contribution in [-0.4, -0.2) is 9.52 Å². The van der Waals surface area contributed by atoms with Crippen molar-refractivity contribution in [2.45, 2.75) is 13.8 Å². The van der Waals surface area contributed by atoms with Crippen molar-refractivity contribution in [3.63, 3.8) is 0 Å². The molecule has 0 fully saturated rings. The molecule has 48 heavy (non-hydrogen) atoms. The van der Waals surface area contributed by atoms with E-state index in [-0.39, 0.29) is 0 Å². The maximum absolute atomic E-state index is 4.93. The number of halogens is 2. The molecule has 0 nitrogen and oxygen atoms in total. The summed E-state index contributed by atoms with van der Waals surface area (Å²) >= 11 is -0.826. The van der Waals surface area contributed by atoms with E-state index in [4.69, 9.17) is 17.0 Å². The molecule has 0 N–H and O–H groups in total. The van der Waals surface area contributed by atoms with Crippen LogP contribution in [0.5, 0.6) is 0 Å². The topological polar surface area (TPSA) is 0 Å². The average Bonchev–Trinajstić information content (AvgIpc) is 3.71. The van der Waals surface area contributed by atoms with Crippen LogP contribution in [-0.2, 0) is 20.8 Å². The van der Waals surface area contributed by atoms with Gasteiger partial charge >= 0.3 is 37.9 Å². The van der Waals surface area contributed by atoms with E-state index >= 15 is 0 Å². The van der Waals surface area contributed by atoms with Crippen molar-refractivity contribution < 1.29 is 20.8 Å². The Morgan fingerprint density at radius 1 is 0.438 bits per heavy atom. The van der Waals surface area contributed by atoms with E-state index in [0.29, 0.717) is 0 Å². The monoisotopic (exact) mass is 752 g/mol. The molecule has 0 aromatic heterocycles. The number of hydrogen-bond donors (Lipinski definition) is 0. The summed E-state index contributed by atoms with van der Waals surface area (Å²) in [7, 11) is 10.6. The first-order valence-electron chi connectivity index (χ1n) is 15.8. The van der Waals surface area contributed by atoms with Gasteiger partial charge in [0.1, 0.15) is 9.52 Å². The molecule has 0 spiro atoms. The van der Waals surface area contributed by atoms with E-state index in [0.717, 1.165) is 9.52 Å². The summed E-state index contributed by atoms with van der Waals surface area (Å²) in [5.41, 5.74) is 7.89. The fourth-order valence-corrected chi connectivity index (χ4v) is 6.77. The van der Waals surface area contributed by atoms with Gasteiger partial charge in [0, 0.05) is 0 Å². The van der Waals surface area contributed by atoms with E-state index < -0.39 is 20.8 Å². The van der Waals surface area contributed by atoms with E-state index in [9.17, 15) is 0 Å². The van der Waals surface area contributed by atoms with Gasteiger partial charge in [0.05, 0.1) is 0 Å². The van der Waals surface area contributed by atoms with Gasteiger partial charge < -0.3 is 0 Å². The zero-order valence-corrected chi connectivity index (χ0v) is 32.0. The SMILES string of the molecule is Cc1cc2c(-c3ccccc3)cccc2[cH-]1.Cc1cc2c(-c3ccccc3)cccc2[cH-]1.[Cl][Zr+2][Cl].c1ccc([Si]c2ccccc2)cc1. The number of benzene rings is 6. The summed E-state index contributed by atoms with van der Waals surface area (Å²) in [5, 5.41) is 8.16. The maximum Gasteiger partial charge on any atom is 0.121 e. The molecule has 0 heterocycles. The Morgan fingerprint density at radius 2 is 0.771 bits per heavy atom. The molecule has 2 radical (unpaired) electrons. The minimum absolute atomic E-state index is 0.777. The first-order valence-corrected chi connectivity index (χ1v) is 23.1. The van der Waals surface area contributed by atoms with Gasteiger partial charge in [-0.15, -0.1) is 69.1 Å². The molecule has 8 aromatic carbocycles. The van der Waals surface area contributed by atoms with Gasteiger partial charge in [0.15, 0.2) is 0 Å². The van der Waals surface area contributed by atoms with E-state index in [1.807, 2.05) is 0 Å². The van der Waals surface area contributed by atoms with Crippen molar-refractivity contribution in [3.05, 3.63) is 193 Å². The van der Waals surface area contributed by atoms with E-state index in [2.05, 4.69) is 196 Å². The zero-order valence-electron chi connectivity index (χ0n) is 27.1. The molecule has 8 rings (SSSR count). The molecule has 234 valence electrons. The van der Waals surface area contributed by atoms with Gasteiger partial charge in [-0.1, -0.05) is 169 Å². The van der Waals surface area contributed by atoms with Crippen LogP contribution < -0.4 is 10.4 Å². The molecule has 0 bridgehead atoms. The van der Waals surface area contributed by atoms with Crippen molar-refractivity contribution >= 4 is 58.5 Å². The van der Waals surface area contributed by atoms with E-state index in [1.165, 1.54) is 65.3 Å². The maximum atomic E-state index is 4.93. The Morgan fingerprint density at radius 3 is 1.12 bits per heavy atom. The quantitative estimate of drug-likeness (QED) is 0.124. The Bertz CT molecular complexity index is 1950. The fourth-order valence-electron chi connectivity index (χ4n) is 5.72. The Labute approximate surface area is 306 Å². The van der Waals surface area contributed by atoms with E-state index in [1.54, 1.807) is 0 Å². The number of hydrogen-bond acceptors (Lipinski definition) is 0. The molecule has 0 aliphatic heterocycles. The van der Waals surface area contributed by atoms with Crippen molar-refractivity contribution in [3.8, 4) is 22.3 Å². The molecule has 0 aliphatic carbocycles. The Kier molecular flexibility index (Phi) is 13.8. The second kappa shape index (κ2) is 18.7. The largest absolute Gasteiger partial charge is 0.121 e. The van der Waals surface area contributed by atoms with Crippen molar-refractivity contribution in [2.75, 3.05) is 0 Å². The summed E-state index contributed by atoms with van der Waals surface area (Å²) < 4.78 is 0. The Balaban J connectivity index is 0.000000136. The minimum atomic E-state index is -0.826. The summed E-state index contributed by atoms with van der Waals surface area (Å²) in [6, 6.07) is 64.3. The Hall–Kier alpha value is -3.78. The summed E-state index contributed by atoms with van der Waals surface area (Å²) in [5.74, 6) is 0. The van der Waals surface area contributed by atoms with Crippen LogP contribution in [0.4, 0.5) is 0 Å². The van der Waals surface area contributed by atoms with Gasteiger partial charge in [0.2, 0.25) is 0 Å². The first-order chi connectivity index (χ1) is 23.6. The fraction of sp³-hybridized carbons (Fsp3) is 0.0455. The summed E-state index contributed by atoms with van der Waals surface area (Å²) in [6.07, 6.45) is 0. The third-order valence-electron chi connectivity index (χ3n) is 7.80. The molecule has 0 atom stereocenters. The summed E-state index contributed by atoms with van der Waals surface area (Å²) in [4.78, 5) is 0. The van der Waals surface area contributed by atoms with Crippen LogP contribution >= 0.6 is 17.0 Å². The third kappa shape index (κ3) is 10.1. The zero-order chi connectivity index (χ0) is 33.6. The number of fused-ring (bicyclic) bond motifs is 2. The van der Waals surface area contributed by atoms with Gasteiger partial charge in [0.25, 0.3) is 0 Å². The van der Waals surface area contributed by atoms with Gasteiger partial charge in [-0.3, -0.25) is 0 Å². The molecular formula is C44H36Cl2SiZr. The molecule has 0 amide bonds. The van der Waals surface area contributed by atoms with Crippen molar-refractivity contribution in [1.82, 2.24) is 0 Å². The smallest absolute Gasteiger partial charge is 0.0631 e. The van der Waals surface area contributed by atoms with Crippen molar-refractivity contribution in [2.24, 2.45) is 0 Å². The second-order valence-electron chi connectivity index (χ2n) is 11.3. The molecule has 8 aromatic rings. The van der Waals surface area contributed by atoms with Crippen LogP contribution in [0, 0.1) is 13.8 Å².